The summed E-state index contributed by atoms with van der Waals surface area (Å²) >= 11 is 1.05. The van der Waals surface area contributed by atoms with Gasteiger partial charge in [-0.25, -0.2) is 13.8 Å². The molecule has 0 saturated carbocycles. The molecule has 4 aromatic rings. The first-order chi connectivity index (χ1) is 15.8. The summed E-state index contributed by atoms with van der Waals surface area (Å²) in [5, 5.41) is -0.162. The zero-order chi connectivity index (χ0) is 23.5. The summed E-state index contributed by atoms with van der Waals surface area (Å²) in [6.45, 7) is 2.14. The lowest BCUT2D eigenvalue weighted by molar-refractivity contribution is -0.129. The van der Waals surface area contributed by atoms with Crippen LogP contribution in [0.1, 0.15) is 12.5 Å². The standard InChI is InChI=1S/C25H21F2N3O2S/c1-16(23(31)29(2)15-17-8-4-3-5-9-17)33-25-28-21-11-7-6-10-19(21)24(32)30(25)22-13-12-18(26)14-20(22)27/h3-14,16H,15H2,1-2H3. The fourth-order valence-corrected chi connectivity index (χ4v) is 4.56. The lowest BCUT2D eigenvalue weighted by Gasteiger charge is -2.22. The van der Waals surface area contributed by atoms with Crippen molar-refractivity contribution >= 4 is 28.6 Å². The maximum Gasteiger partial charge on any atom is 0.266 e. The Bertz CT molecular complexity index is 1380. The van der Waals surface area contributed by atoms with E-state index in [0.717, 1.165) is 28.0 Å². The van der Waals surface area contributed by atoms with Gasteiger partial charge in [-0.05, 0) is 36.8 Å². The van der Waals surface area contributed by atoms with E-state index < -0.39 is 22.4 Å². The van der Waals surface area contributed by atoms with Gasteiger partial charge in [0.05, 0.1) is 21.8 Å². The second-order valence-corrected chi connectivity index (χ2v) is 8.90. The van der Waals surface area contributed by atoms with Crippen molar-refractivity contribution in [3.63, 3.8) is 0 Å². The molecule has 8 heteroatoms. The van der Waals surface area contributed by atoms with Crippen LogP contribution in [0.15, 0.2) is 82.7 Å². The van der Waals surface area contributed by atoms with Gasteiger partial charge < -0.3 is 4.90 Å². The minimum absolute atomic E-state index is 0.126. The number of hydrogen-bond donors (Lipinski definition) is 0. The van der Waals surface area contributed by atoms with Crippen molar-refractivity contribution in [1.29, 1.82) is 0 Å². The second-order valence-electron chi connectivity index (χ2n) is 7.59. The number of aromatic nitrogens is 2. The summed E-state index contributed by atoms with van der Waals surface area (Å²) in [5.74, 6) is -1.81. The number of benzene rings is 3. The molecule has 0 N–H and O–H groups in total. The van der Waals surface area contributed by atoms with Crippen LogP contribution in [0.5, 0.6) is 0 Å². The molecule has 1 amide bonds. The summed E-state index contributed by atoms with van der Waals surface area (Å²) in [5.41, 5.74) is 0.797. The molecule has 0 aliphatic rings. The zero-order valence-electron chi connectivity index (χ0n) is 18.0. The maximum atomic E-state index is 14.7. The molecule has 0 bridgehead atoms. The van der Waals surface area contributed by atoms with Crippen LogP contribution in [0, 0.1) is 11.6 Å². The number of nitrogens with zero attached hydrogens (tertiary/aromatic N) is 3. The Balaban J connectivity index is 1.72. The molecule has 168 valence electrons. The largest absolute Gasteiger partial charge is 0.340 e. The molecule has 0 saturated heterocycles. The van der Waals surface area contributed by atoms with Crippen molar-refractivity contribution in [2.75, 3.05) is 7.05 Å². The number of carbonyl (C=O) groups is 1. The summed E-state index contributed by atoms with van der Waals surface area (Å²) < 4.78 is 29.3. The average molecular weight is 466 g/mol. The van der Waals surface area contributed by atoms with E-state index >= 15 is 0 Å². The topological polar surface area (TPSA) is 55.2 Å². The number of amides is 1. The van der Waals surface area contributed by atoms with Crippen molar-refractivity contribution < 1.29 is 13.6 Å². The summed E-state index contributed by atoms with van der Waals surface area (Å²) in [6.07, 6.45) is 0. The number of carbonyl (C=O) groups excluding carboxylic acids is 1. The van der Waals surface area contributed by atoms with Crippen molar-refractivity contribution in [3.05, 3.63) is 100 Å². The van der Waals surface area contributed by atoms with Crippen molar-refractivity contribution in [2.45, 2.75) is 23.9 Å². The van der Waals surface area contributed by atoms with Crippen LogP contribution in [0.3, 0.4) is 0 Å². The molecule has 0 aliphatic carbocycles. The number of fused-ring (bicyclic) bond motifs is 1. The fraction of sp³-hybridized carbons (Fsp3) is 0.160. The molecule has 33 heavy (non-hydrogen) atoms. The van der Waals surface area contributed by atoms with Gasteiger partial charge >= 0.3 is 0 Å². The van der Waals surface area contributed by atoms with E-state index in [4.69, 9.17) is 0 Å². The van der Waals surface area contributed by atoms with Gasteiger partial charge in [0.25, 0.3) is 5.56 Å². The Morgan fingerprint density at radius 2 is 1.76 bits per heavy atom. The smallest absolute Gasteiger partial charge is 0.266 e. The Kier molecular flexibility index (Phi) is 6.55. The molecule has 3 aromatic carbocycles. The number of rotatable bonds is 6. The van der Waals surface area contributed by atoms with E-state index in [1.54, 1.807) is 43.1 Å². The molecule has 5 nitrogen and oxygen atoms in total. The number of hydrogen-bond acceptors (Lipinski definition) is 4. The Labute approximate surface area is 193 Å². The Morgan fingerprint density at radius 3 is 2.48 bits per heavy atom. The first kappa shape index (κ1) is 22.7. The van der Waals surface area contributed by atoms with Gasteiger partial charge in [0, 0.05) is 19.7 Å². The third-order valence-corrected chi connectivity index (χ3v) is 6.20. The van der Waals surface area contributed by atoms with Gasteiger partial charge in [-0.2, -0.15) is 0 Å². The van der Waals surface area contributed by atoms with Crippen LogP contribution >= 0.6 is 11.8 Å². The monoisotopic (exact) mass is 465 g/mol. The van der Waals surface area contributed by atoms with Crippen LogP contribution in [-0.2, 0) is 11.3 Å². The van der Waals surface area contributed by atoms with Gasteiger partial charge in [-0.1, -0.05) is 54.2 Å². The molecule has 0 fully saturated rings. The molecular weight excluding hydrogens is 444 g/mol. The minimum Gasteiger partial charge on any atom is -0.340 e. The van der Waals surface area contributed by atoms with Gasteiger partial charge in [0.15, 0.2) is 5.16 Å². The lowest BCUT2D eigenvalue weighted by atomic mass is 10.2. The normalized spacial score (nSPS) is 12.0. The summed E-state index contributed by atoms with van der Waals surface area (Å²) in [7, 11) is 1.70. The third kappa shape index (κ3) is 4.80. The third-order valence-electron chi connectivity index (χ3n) is 5.16. The number of para-hydroxylation sites is 1. The van der Waals surface area contributed by atoms with E-state index in [9.17, 15) is 18.4 Å². The highest BCUT2D eigenvalue weighted by Gasteiger charge is 2.24. The first-order valence-electron chi connectivity index (χ1n) is 10.3. The van der Waals surface area contributed by atoms with Crippen LogP contribution < -0.4 is 5.56 Å². The average Bonchev–Trinajstić information content (AvgIpc) is 2.80. The predicted molar refractivity (Wildman–Crippen MR) is 125 cm³/mol. The Morgan fingerprint density at radius 1 is 1.06 bits per heavy atom. The van der Waals surface area contributed by atoms with Crippen molar-refractivity contribution in [1.82, 2.24) is 14.5 Å². The minimum atomic E-state index is -0.892. The summed E-state index contributed by atoms with van der Waals surface area (Å²) in [4.78, 5) is 32.4. The predicted octanol–water partition coefficient (Wildman–Crippen LogP) is 4.80. The molecule has 0 radical (unpaired) electrons. The molecule has 0 aliphatic heterocycles. The van der Waals surface area contributed by atoms with Gasteiger partial charge in [0.2, 0.25) is 5.91 Å². The molecule has 1 unspecified atom stereocenters. The lowest BCUT2D eigenvalue weighted by Crippen LogP contribution is -2.33. The van der Waals surface area contributed by atoms with E-state index in [2.05, 4.69) is 4.98 Å². The van der Waals surface area contributed by atoms with Crippen LogP contribution in [-0.4, -0.2) is 32.7 Å². The Hall–Kier alpha value is -3.52. The van der Waals surface area contributed by atoms with Crippen LogP contribution in [0.2, 0.25) is 0 Å². The van der Waals surface area contributed by atoms with Crippen molar-refractivity contribution in [2.24, 2.45) is 0 Å². The van der Waals surface area contributed by atoms with Gasteiger partial charge in [-0.3, -0.25) is 14.2 Å². The van der Waals surface area contributed by atoms with E-state index in [-0.39, 0.29) is 16.8 Å². The molecule has 1 atom stereocenters. The summed E-state index contributed by atoms with van der Waals surface area (Å²) in [6, 6.07) is 19.3. The van der Waals surface area contributed by atoms with E-state index in [1.807, 2.05) is 30.3 Å². The number of halogens is 2. The molecule has 0 spiro atoms. The maximum absolute atomic E-state index is 14.7. The highest BCUT2D eigenvalue weighted by atomic mass is 32.2. The van der Waals surface area contributed by atoms with E-state index in [1.165, 1.54) is 6.07 Å². The van der Waals surface area contributed by atoms with Crippen molar-refractivity contribution in [3.8, 4) is 5.69 Å². The quantitative estimate of drug-likeness (QED) is 0.303. The van der Waals surface area contributed by atoms with Gasteiger partial charge in [0.1, 0.15) is 11.6 Å². The van der Waals surface area contributed by atoms with E-state index in [0.29, 0.717) is 23.5 Å². The molecular formula is C25H21F2N3O2S. The van der Waals surface area contributed by atoms with Crippen LogP contribution in [0.25, 0.3) is 16.6 Å². The first-order valence-corrected chi connectivity index (χ1v) is 11.2. The molecule has 1 aromatic heterocycles. The molecule has 4 rings (SSSR count). The fourth-order valence-electron chi connectivity index (χ4n) is 3.52. The second kappa shape index (κ2) is 9.54. The SMILES string of the molecule is CC(Sc1nc2ccccc2c(=O)n1-c1ccc(F)cc1F)C(=O)N(C)Cc1ccccc1. The van der Waals surface area contributed by atoms with Crippen LogP contribution in [0.4, 0.5) is 8.78 Å². The highest BCUT2D eigenvalue weighted by Crippen LogP contribution is 2.27. The number of thioether (sulfide) groups is 1. The zero-order valence-corrected chi connectivity index (χ0v) is 18.9. The molecule has 1 heterocycles. The highest BCUT2D eigenvalue weighted by molar-refractivity contribution is 8.00. The van der Waals surface area contributed by atoms with Gasteiger partial charge in [-0.15, -0.1) is 0 Å².